The Morgan fingerprint density at radius 2 is 2.06 bits per heavy atom. The first-order valence-corrected chi connectivity index (χ1v) is 11.5. The molecular formula is C24H29N7O3. The Morgan fingerprint density at radius 3 is 2.82 bits per heavy atom. The zero-order chi connectivity index (χ0) is 23.9. The van der Waals surface area contributed by atoms with E-state index in [1.165, 1.54) is 24.1 Å². The van der Waals surface area contributed by atoms with Gasteiger partial charge in [-0.15, -0.1) is 0 Å². The Morgan fingerprint density at radius 1 is 1.26 bits per heavy atom. The van der Waals surface area contributed by atoms with Gasteiger partial charge in [0, 0.05) is 61.6 Å². The average Bonchev–Trinajstić information content (AvgIpc) is 3.24. The summed E-state index contributed by atoms with van der Waals surface area (Å²) in [4.78, 5) is 34.9. The van der Waals surface area contributed by atoms with Crippen LogP contribution in [-0.4, -0.2) is 63.7 Å². The number of hydrogen-bond acceptors (Lipinski definition) is 6. The van der Waals surface area contributed by atoms with Gasteiger partial charge in [0.2, 0.25) is 0 Å². The van der Waals surface area contributed by atoms with Crippen LogP contribution in [0.5, 0.6) is 0 Å². The minimum absolute atomic E-state index is 0.137. The molecule has 0 bridgehead atoms. The predicted molar refractivity (Wildman–Crippen MR) is 130 cm³/mol. The zero-order valence-corrected chi connectivity index (χ0v) is 19.4. The number of urea groups is 1. The lowest BCUT2D eigenvalue weighted by molar-refractivity contribution is -0.122. The molecule has 2 aliphatic heterocycles. The van der Waals surface area contributed by atoms with E-state index in [4.69, 9.17) is 9.90 Å². The first kappa shape index (κ1) is 22.1. The number of imidazole rings is 1. The van der Waals surface area contributed by atoms with Crippen LogP contribution in [-0.2, 0) is 11.2 Å². The number of aryl methyl sites for hydroxylation is 2. The predicted octanol–water partition coefficient (Wildman–Crippen LogP) is 2.58. The summed E-state index contributed by atoms with van der Waals surface area (Å²) in [7, 11) is 0. The SMILES string of the molecule is Cc1cn2cc(NC(=O)N3CCc4c(N5CCNC6(CC6)C5)ccnc43)c(C)cc2n1.O=CO. The van der Waals surface area contributed by atoms with Crippen LogP contribution in [0.4, 0.5) is 22.0 Å². The molecule has 1 spiro atoms. The standard InChI is InChI=1S/C23H27N7O.CH2O2/c1-15-11-20-26-16(2)12-29(20)13-18(15)27-22(31)30-9-4-17-19(3-7-24-21(17)30)28-10-8-25-23(14-28)5-6-23;2-1-3/h3,7,11-13,25H,4-6,8-10,14H2,1-2H3,(H,27,31);1H,(H,2,3). The Labute approximate surface area is 197 Å². The number of fused-ring (bicyclic) bond motifs is 2. The lowest BCUT2D eigenvalue weighted by Gasteiger charge is -2.36. The molecule has 1 saturated carbocycles. The van der Waals surface area contributed by atoms with Crippen molar-refractivity contribution in [3.8, 4) is 0 Å². The van der Waals surface area contributed by atoms with E-state index in [1.807, 2.05) is 42.9 Å². The molecule has 2 fully saturated rings. The van der Waals surface area contributed by atoms with E-state index in [1.54, 1.807) is 4.90 Å². The molecule has 2 amide bonds. The van der Waals surface area contributed by atoms with Gasteiger partial charge in [-0.25, -0.2) is 14.8 Å². The molecule has 3 N–H and O–H groups in total. The largest absolute Gasteiger partial charge is 0.483 e. The number of piperazine rings is 1. The summed E-state index contributed by atoms with van der Waals surface area (Å²) in [5, 5.41) is 13.7. The van der Waals surface area contributed by atoms with Gasteiger partial charge in [-0.2, -0.15) is 0 Å². The number of carboxylic acid groups (broad SMARTS) is 1. The van der Waals surface area contributed by atoms with Crippen molar-refractivity contribution in [2.45, 2.75) is 38.6 Å². The summed E-state index contributed by atoms with van der Waals surface area (Å²) in [6.45, 7) is 7.40. The van der Waals surface area contributed by atoms with Gasteiger partial charge in [-0.05, 0) is 50.8 Å². The molecule has 34 heavy (non-hydrogen) atoms. The van der Waals surface area contributed by atoms with Crippen molar-refractivity contribution in [3.63, 3.8) is 0 Å². The van der Waals surface area contributed by atoms with Crippen molar-refractivity contribution < 1.29 is 14.7 Å². The monoisotopic (exact) mass is 463 g/mol. The van der Waals surface area contributed by atoms with Crippen molar-refractivity contribution in [2.75, 3.05) is 41.3 Å². The highest BCUT2D eigenvalue weighted by Crippen LogP contribution is 2.41. The van der Waals surface area contributed by atoms with Gasteiger partial charge < -0.3 is 25.0 Å². The van der Waals surface area contributed by atoms with E-state index in [9.17, 15) is 4.79 Å². The fourth-order valence-electron chi connectivity index (χ4n) is 4.99. The molecule has 10 nitrogen and oxygen atoms in total. The highest BCUT2D eigenvalue weighted by Gasteiger charge is 2.46. The van der Waals surface area contributed by atoms with Crippen LogP contribution in [0.25, 0.3) is 5.65 Å². The van der Waals surface area contributed by atoms with Crippen LogP contribution in [0.3, 0.4) is 0 Å². The van der Waals surface area contributed by atoms with Gasteiger partial charge in [0.1, 0.15) is 11.5 Å². The number of aromatic nitrogens is 3. The molecule has 0 aromatic carbocycles. The first-order chi connectivity index (χ1) is 16.4. The number of pyridine rings is 2. The lowest BCUT2D eigenvalue weighted by Crippen LogP contribution is -2.52. The van der Waals surface area contributed by atoms with Crippen molar-refractivity contribution in [1.82, 2.24) is 19.7 Å². The molecule has 5 heterocycles. The van der Waals surface area contributed by atoms with Crippen LogP contribution in [0.2, 0.25) is 0 Å². The number of nitrogens with one attached hydrogen (secondary N) is 2. The summed E-state index contributed by atoms with van der Waals surface area (Å²) in [5.41, 5.74) is 6.35. The quantitative estimate of drug-likeness (QED) is 0.501. The third-order valence-corrected chi connectivity index (χ3v) is 6.83. The van der Waals surface area contributed by atoms with Crippen molar-refractivity contribution in [3.05, 3.63) is 47.5 Å². The van der Waals surface area contributed by atoms with E-state index in [0.29, 0.717) is 12.1 Å². The normalized spacial score (nSPS) is 17.8. The molecule has 3 aromatic rings. The second-order valence-electron chi connectivity index (χ2n) is 9.22. The van der Waals surface area contributed by atoms with Crippen molar-refractivity contribution >= 4 is 35.3 Å². The topological polar surface area (TPSA) is 115 Å². The van der Waals surface area contributed by atoms with Crippen LogP contribution in [0.15, 0.2) is 30.7 Å². The second kappa shape index (κ2) is 8.60. The minimum atomic E-state index is -0.250. The average molecular weight is 464 g/mol. The summed E-state index contributed by atoms with van der Waals surface area (Å²) < 4.78 is 1.95. The van der Waals surface area contributed by atoms with Gasteiger partial charge in [0.05, 0.1) is 11.4 Å². The molecule has 6 rings (SSSR count). The Bertz CT molecular complexity index is 1250. The summed E-state index contributed by atoms with van der Waals surface area (Å²) >= 11 is 0. The fraction of sp³-hybridized carbons (Fsp3) is 0.417. The molecule has 178 valence electrons. The van der Waals surface area contributed by atoms with Gasteiger partial charge in [0.15, 0.2) is 0 Å². The fourth-order valence-corrected chi connectivity index (χ4v) is 4.99. The van der Waals surface area contributed by atoms with E-state index in [2.05, 4.69) is 31.6 Å². The smallest absolute Gasteiger partial charge is 0.327 e. The molecule has 0 atom stereocenters. The zero-order valence-electron chi connectivity index (χ0n) is 19.4. The number of hydrogen-bond donors (Lipinski definition) is 3. The van der Waals surface area contributed by atoms with E-state index < -0.39 is 0 Å². The van der Waals surface area contributed by atoms with Crippen LogP contribution in [0, 0.1) is 13.8 Å². The molecule has 3 aliphatic rings. The lowest BCUT2D eigenvalue weighted by atomic mass is 10.1. The highest BCUT2D eigenvalue weighted by atomic mass is 16.3. The number of rotatable bonds is 2. The Kier molecular flexibility index (Phi) is 5.60. The Balaban J connectivity index is 0.000000764. The number of carbonyl (C=O) groups excluding carboxylic acids is 1. The minimum Gasteiger partial charge on any atom is -0.483 e. The molecule has 10 heteroatoms. The van der Waals surface area contributed by atoms with Crippen LogP contribution < -0.4 is 20.4 Å². The summed E-state index contributed by atoms with van der Waals surface area (Å²) in [5.74, 6) is 0.788. The van der Waals surface area contributed by atoms with Gasteiger partial charge in [-0.1, -0.05) is 0 Å². The summed E-state index contributed by atoms with van der Waals surface area (Å²) in [6.07, 6.45) is 9.08. The molecule has 0 radical (unpaired) electrons. The third-order valence-electron chi connectivity index (χ3n) is 6.83. The number of amides is 2. The van der Waals surface area contributed by atoms with Gasteiger partial charge in [-0.3, -0.25) is 9.69 Å². The maximum atomic E-state index is 13.2. The van der Waals surface area contributed by atoms with E-state index in [-0.39, 0.29) is 12.5 Å². The van der Waals surface area contributed by atoms with E-state index >= 15 is 0 Å². The van der Waals surface area contributed by atoms with Crippen LogP contribution in [0.1, 0.15) is 29.7 Å². The number of nitrogens with zero attached hydrogens (tertiary/aromatic N) is 5. The summed E-state index contributed by atoms with van der Waals surface area (Å²) in [6, 6.07) is 3.97. The number of carbonyl (C=O) groups is 2. The van der Waals surface area contributed by atoms with E-state index in [0.717, 1.165) is 54.5 Å². The molecule has 1 aliphatic carbocycles. The molecule has 3 aromatic heterocycles. The maximum absolute atomic E-state index is 13.2. The maximum Gasteiger partial charge on any atom is 0.327 e. The number of anilines is 3. The van der Waals surface area contributed by atoms with Gasteiger partial charge in [0.25, 0.3) is 6.47 Å². The van der Waals surface area contributed by atoms with Gasteiger partial charge >= 0.3 is 6.03 Å². The van der Waals surface area contributed by atoms with Crippen molar-refractivity contribution in [2.24, 2.45) is 0 Å². The highest BCUT2D eigenvalue weighted by molar-refractivity contribution is 6.03. The molecular weight excluding hydrogens is 434 g/mol. The van der Waals surface area contributed by atoms with Crippen molar-refractivity contribution in [1.29, 1.82) is 0 Å². The van der Waals surface area contributed by atoms with Crippen LogP contribution >= 0.6 is 0 Å². The molecule has 0 unspecified atom stereocenters. The second-order valence-corrected chi connectivity index (χ2v) is 9.22. The first-order valence-electron chi connectivity index (χ1n) is 11.5. The molecule has 1 saturated heterocycles. The Hall–Kier alpha value is -3.66. The third kappa shape index (κ3) is 4.05.